The van der Waals surface area contributed by atoms with E-state index >= 15 is 0 Å². The van der Waals surface area contributed by atoms with Crippen LogP contribution in [0.4, 0.5) is 0 Å². The van der Waals surface area contributed by atoms with Gasteiger partial charge in [-0.15, -0.1) is 0 Å². The van der Waals surface area contributed by atoms with Gasteiger partial charge in [-0.1, -0.05) is 6.07 Å². The highest BCUT2D eigenvalue weighted by molar-refractivity contribution is 5.94. The fourth-order valence-electron chi connectivity index (χ4n) is 2.83. The highest BCUT2D eigenvalue weighted by Gasteiger charge is 2.28. The summed E-state index contributed by atoms with van der Waals surface area (Å²) in [5.74, 6) is -0.0865. The van der Waals surface area contributed by atoms with Crippen LogP contribution >= 0.6 is 0 Å². The molecule has 7 heteroatoms. The molecular formula is C18H20N4O3. The van der Waals surface area contributed by atoms with Gasteiger partial charge in [-0.05, 0) is 35.9 Å². The molecule has 7 nitrogen and oxygen atoms in total. The summed E-state index contributed by atoms with van der Waals surface area (Å²) >= 11 is 0. The molecule has 1 aromatic heterocycles. The lowest BCUT2D eigenvalue weighted by molar-refractivity contribution is -0.119. The average Bonchev–Trinajstić information content (AvgIpc) is 2.67. The highest BCUT2D eigenvalue weighted by Crippen LogP contribution is 2.24. The Kier molecular flexibility index (Phi) is 5.25. The molecule has 2 amide bonds. The zero-order valence-corrected chi connectivity index (χ0v) is 13.7. The number of benzene rings is 1. The lowest BCUT2D eigenvalue weighted by Crippen LogP contribution is -2.48. The van der Waals surface area contributed by atoms with Gasteiger partial charge in [0, 0.05) is 37.6 Å². The SMILES string of the molecule is NC(=O)COc1ccc(C(=O)N2CCNCC2c2cccnc2)cc1. The molecule has 0 bridgehead atoms. The van der Waals surface area contributed by atoms with Crippen molar-refractivity contribution in [3.63, 3.8) is 0 Å². The number of pyridine rings is 1. The lowest BCUT2D eigenvalue weighted by Gasteiger charge is -2.36. The minimum atomic E-state index is -0.541. The van der Waals surface area contributed by atoms with E-state index in [9.17, 15) is 9.59 Å². The maximum atomic E-state index is 12.9. The molecule has 1 aliphatic heterocycles. The van der Waals surface area contributed by atoms with Gasteiger partial charge in [-0.3, -0.25) is 14.6 Å². The van der Waals surface area contributed by atoms with Crippen molar-refractivity contribution in [1.29, 1.82) is 0 Å². The molecule has 1 unspecified atom stereocenters. The Morgan fingerprint density at radius 1 is 1.28 bits per heavy atom. The number of hydrogen-bond donors (Lipinski definition) is 2. The smallest absolute Gasteiger partial charge is 0.255 e. The number of hydrogen-bond acceptors (Lipinski definition) is 5. The van der Waals surface area contributed by atoms with Crippen molar-refractivity contribution < 1.29 is 14.3 Å². The maximum Gasteiger partial charge on any atom is 0.255 e. The Balaban J connectivity index is 1.75. The molecule has 1 aliphatic rings. The summed E-state index contributed by atoms with van der Waals surface area (Å²) in [6.45, 7) is 1.88. The standard InChI is InChI=1S/C18H20N4O3/c19-17(23)12-25-15-5-3-13(4-6-15)18(24)22-9-8-21-11-16(22)14-2-1-7-20-10-14/h1-7,10,16,21H,8-9,11-12H2,(H2,19,23). The Morgan fingerprint density at radius 3 is 2.76 bits per heavy atom. The molecule has 0 saturated carbocycles. The molecule has 0 spiro atoms. The molecular weight excluding hydrogens is 320 g/mol. The zero-order chi connectivity index (χ0) is 17.6. The van der Waals surface area contributed by atoms with Gasteiger partial charge >= 0.3 is 0 Å². The van der Waals surface area contributed by atoms with Gasteiger partial charge in [0.05, 0.1) is 6.04 Å². The van der Waals surface area contributed by atoms with Crippen LogP contribution in [0.25, 0.3) is 0 Å². The van der Waals surface area contributed by atoms with Crippen LogP contribution in [0, 0.1) is 0 Å². The molecule has 0 aliphatic carbocycles. The van der Waals surface area contributed by atoms with Crippen LogP contribution < -0.4 is 15.8 Å². The number of nitrogens with two attached hydrogens (primary N) is 1. The van der Waals surface area contributed by atoms with Crippen molar-refractivity contribution in [1.82, 2.24) is 15.2 Å². The van der Waals surface area contributed by atoms with Crippen LogP contribution in [0.3, 0.4) is 0 Å². The van der Waals surface area contributed by atoms with Gasteiger partial charge in [0.2, 0.25) is 0 Å². The number of carbonyl (C=O) groups excluding carboxylic acids is 2. The quantitative estimate of drug-likeness (QED) is 0.836. The summed E-state index contributed by atoms with van der Waals surface area (Å²) < 4.78 is 5.22. The number of carbonyl (C=O) groups is 2. The summed E-state index contributed by atoms with van der Waals surface area (Å²) in [5.41, 5.74) is 6.63. The monoisotopic (exact) mass is 340 g/mol. The van der Waals surface area contributed by atoms with Gasteiger partial charge in [-0.2, -0.15) is 0 Å². The van der Waals surface area contributed by atoms with E-state index in [4.69, 9.17) is 10.5 Å². The fraction of sp³-hybridized carbons (Fsp3) is 0.278. The molecule has 3 N–H and O–H groups in total. The van der Waals surface area contributed by atoms with Gasteiger partial charge in [0.1, 0.15) is 5.75 Å². The minimum Gasteiger partial charge on any atom is -0.484 e. The Hall–Kier alpha value is -2.93. The fourth-order valence-corrected chi connectivity index (χ4v) is 2.83. The number of primary amides is 1. The van der Waals surface area contributed by atoms with Gasteiger partial charge < -0.3 is 20.7 Å². The van der Waals surface area contributed by atoms with Crippen molar-refractivity contribution in [3.8, 4) is 5.75 Å². The predicted octanol–water partition coefficient (Wildman–Crippen LogP) is 0.732. The van der Waals surface area contributed by atoms with Crippen LogP contribution in [0.15, 0.2) is 48.8 Å². The normalized spacial score (nSPS) is 17.1. The second kappa shape index (κ2) is 7.76. The van der Waals surface area contributed by atoms with E-state index in [-0.39, 0.29) is 18.6 Å². The maximum absolute atomic E-state index is 12.9. The van der Waals surface area contributed by atoms with E-state index < -0.39 is 5.91 Å². The third-order valence-corrected chi connectivity index (χ3v) is 4.06. The molecule has 1 atom stereocenters. The van der Waals surface area contributed by atoms with Crippen LogP contribution in [-0.4, -0.2) is 47.9 Å². The summed E-state index contributed by atoms with van der Waals surface area (Å²) in [6.07, 6.45) is 3.51. The van der Waals surface area contributed by atoms with E-state index in [0.717, 1.165) is 12.1 Å². The first-order valence-electron chi connectivity index (χ1n) is 8.08. The zero-order valence-electron chi connectivity index (χ0n) is 13.7. The Morgan fingerprint density at radius 2 is 2.08 bits per heavy atom. The molecule has 130 valence electrons. The average molecular weight is 340 g/mol. The Bertz CT molecular complexity index is 734. The molecule has 0 radical (unpaired) electrons. The van der Waals surface area contributed by atoms with Crippen LogP contribution in [-0.2, 0) is 4.79 Å². The molecule has 2 heterocycles. The van der Waals surface area contributed by atoms with Crippen molar-refractivity contribution in [2.75, 3.05) is 26.2 Å². The van der Waals surface area contributed by atoms with Gasteiger partial charge in [-0.25, -0.2) is 0 Å². The Labute approximate surface area is 145 Å². The van der Waals surface area contributed by atoms with E-state index in [1.165, 1.54) is 0 Å². The number of amides is 2. The largest absolute Gasteiger partial charge is 0.484 e. The van der Waals surface area contributed by atoms with E-state index in [0.29, 0.717) is 24.4 Å². The third kappa shape index (κ3) is 4.13. The second-order valence-electron chi connectivity index (χ2n) is 5.78. The number of aromatic nitrogens is 1. The molecule has 2 aromatic rings. The van der Waals surface area contributed by atoms with Crippen molar-refractivity contribution in [2.45, 2.75) is 6.04 Å². The van der Waals surface area contributed by atoms with Crippen LogP contribution in [0.1, 0.15) is 22.0 Å². The number of ether oxygens (including phenoxy) is 1. The summed E-state index contributed by atoms with van der Waals surface area (Å²) in [7, 11) is 0. The number of nitrogens with one attached hydrogen (secondary N) is 1. The van der Waals surface area contributed by atoms with E-state index in [1.807, 2.05) is 17.0 Å². The lowest BCUT2D eigenvalue weighted by atomic mass is 10.0. The van der Waals surface area contributed by atoms with E-state index in [1.54, 1.807) is 36.7 Å². The second-order valence-corrected chi connectivity index (χ2v) is 5.78. The van der Waals surface area contributed by atoms with Gasteiger partial charge in [0.25, 0.3) is 11.8 Å². The molecule has 1 fully saturated rings. The topological polar surface area (TPSA) is 97.6 Å². The van der Waals surface area contributed by atoms with Crippen molar-refractivity contribution >= 4 is 11.8 Å². The summed E-state index contributed by atoms with van der Waals surface area (Å²) in [5, 5.41) is 3.32. The molecule has 1 saturated heterocycles. The first kappa shape index (κ1) is 16.9. The number of rotatable bonds is 5. The third-order valence-electron chi connectivity index (χ3n) is 4.06. The first-order chi connectivity index (χ1) is 12.1. The van der Waals surface area contributed by atoms with Crippen molar-refractivity contribution in [3.05, 3.63) is 59.9 Å². The molecule has 3 rings (SSSR count). The molecule has 25 heavy (non-hydrogen) atoms. The highest BCUT2D eigenvalue weighted by atomic mass is 16.5. The molecule has 1 aromatic carbocycles. The summed E-state index contributed by atoms with van der Waals surface area (Å²) in [4.78, 5) is 29.7. The van der Waals surface area contributed by atoms with E-state index in [2.05, 4.69) is 10.3 Å². The summed E-state index contributed by atoms with van der Waals surface area (Å²) in [6, 6.07) is 10.5. The van der Waals surface area contributed by atoms with Crippen LogP contribution in [0.2, 0.25) is 0 Å². The van der Waals surface area contributed by atoms with Gasteiger partial charge in [0.15, 0.2) is 6.61 Å². The number of nitrogens with zero attached hydrogens (tertiary/aromatic N) is 2. The number of piperazine rings is 1. The predicted molar refractivity (Wildman–Crippen MR) is 92.0 cm³/mol. The van der Waals surface area contributed by atoms with Crippen LogP contribution in [0.5, 0.6) is 5.75 Å². The minimum absolute atomic E-state index is 0.0446. The first-order valence-corrected chi connectivity index (χ1v) is 8.08. The van der Waals surface area contributed by atoms with Crippen molar-refractivity contribution in [2.24, 2.45) is 5.73 Å².